The lowest BCUT2D eigenvalue weighted by Gasteiger charge is -2.30. The third kappa shape index (κ3) is 3.17. The van der Waals surface area contributed by atoms with Gasteiger partial charge in [-0.2, -0.15) is 0 Å². The Labute approximate surface area is 118 Å². The Morgan fingerprint density at radius 3 is 2.85 bits per heavy atom. The van der Waals surface area contributed by atoms with Crippen LogP contribution in [0.1, 0.15) is 36.8 Å². The predicted molar refractivity (Wildman–Crippen MR) is 74.2 cm³/mol. The molecule has 0 fully saturated rings. The molecule has 2 atom stereocenters. The topological polar surface area (TPSA) is 78.4 Å². The van der Waals surface area contributed by atoms with Crippen molar-refractivity contribution in [3.63, 3.8) is 0 Å². The van der Waals surface area contributed by atoms with Gasteiger partial charge in [0, 0.05) is 18.9 Å². The van der Waals surface area contributed by atoms with Crippen LogP contribution in [0.4, 0.5) is 0 Å². The molecular weight excluding hydrogens is 256 g/mol. The molecule has 0 saturated heterocycles. The van der Waals surface area contributed by atoms with Gasteiger partial charge >= 0.3 is 0 Å². The number of carbonyl (C=O) groups is 2. The van der Waals surface area contributed by atoms with Crippen LogP contribution in [0.2, 0.25) is 0 Å². The number of rotatable bonds is 4. The minimum Gasteiger partial charge on any atom is -0.355 e. The first kappa shape index (κ1) is 14.5. The first-order chi connectivity index (χ1) is 9.63. The van der Waals surface area contributed by atoms with Crippen LogP contribution in [0.15, 0.2) is 24.3 Å². The van der Waals surface area contributed by atoms with Crippen molar-refractivity contribution < 1.29 is 14.8 Å². The molecule has 2 amide bonds. The Balaban J connectivity index is 1.94. The van der Waals surface area contributed by atoms with Crippen LogP contribution in [-0.4, -0.2) is 23.6 Å². The zero-order valence-corrected chi connectivity index (χ0v) is 11.6. The molecule has 20 heavy (non-hydrogen) atoms. The normalized spacial score (nSPS) is 20.9. The van der Waals surface area contributed by atoms with Gasteiger partial charge in [0.2, 0.25) is 11.8 Å². The monoisotopic (exact) mass is 276 g/mol. The van der Waals surface area contributed by atoms with Gasteiger partial charge in [-0.15, -0.1) is 0 Å². The van der Waals surface area contributed by atoms with Crippen LogP contribution in [0.25, 0.3) is 0 Å². The van der Waals surface area contributed by atoms with E-state index >= 15 is 0 Å². The fourth-order valence-corrected chi connectivity index (χ4v) is 2.83. The third-order valence-corrected chi connectivity index (χ3v) is 3.99. The Morgan fingerprint density at radius 2 is 2.10 bits per heavy atom. The van der Waals surface area contributed by atoms with Gasteiger partial charge in [0.1, 0.15) is 0 Å². The van der Waals surface area contributed by atoms with Crippen molar-refractivity contribution in [3.8, 4) is 0 Å². The Morgan fingerprint density at radius 1 is 1.35 bits per heavy atom. The molecule has 2 unspecified atom stereocenters. The minimum atomic E-state index is -0.493. The molecule has 2 rings (SSSR count). The molecule has 1 aromatic rings. The maximum absolute atomic E-state index is 12.2. The van der Waals surface area contributed by atoms with Gasteiger partial charge in [0.25, 0.3) is 0 Å². The predicted octanol–water partition coefficient (Wildman–Crippen LogP) is 1.36. The second-order valence-electron chi connectivity index (χ2n) is 5.21. The highest BCUT2D eigenvalue weighted by atomic mass is 16.5. The first-order valence-corrected chi connectivity index (χ1v) is 6.92. The maximum atomic E-state index is 12.2. The van der Waals surface area contributed by atoms with E-state index in [2.05, 4.69) is 24.4 Å². The van der Waals surface area contributed by atoms with Crippen molar-refractivity contribution in [3.05, 3.63) is 35.4 Å². The zero-order chi connectivity index (χ0) is 14.5. The molecule has 1 aromatic carbocycles. The first-order valence-electron chi connectivity index (χ1n) is 6.92. The number of hydrogen-bond acceptors (Lipinski definition) is 3. The number of hydroxylamine groups is 1. The zero-order valence-electron chi connectivity index (χ0n) is 11.6. The number of amides is 2. The average molecular weight is 276 g/mol. The van der Waals surface area contributed by atoms with Gasteiger partial charge in [0.05, 0.1) is 0 Å². The lowest BCUT2D eigenvalue weighted by molar-refractivity contribution is -0.129. The molecule has 0 bridgehead atoms. The summed E-state index contributed by atoms with van der Waals surface area (Å²) >= 11 is 0. The summed E-state index contributed by atoms with van der Waals surface area (Å²) in [6.07, 6.45) is 1.83. The second-order valence-corrected chi connectivity index (χ2v) is 5.21. The second kappa shape index (κ2) is 6.52. The molecule has 5 heteroatoms. The number of hydrogen-bond donors (Lipinski definition) is 3. The van der Waals surface area contributed by atoms with Crippen LogP contribution in [0, 0.1) is 5.92 Å². The van der Waals surface area contributed by atoms with Crippen molar-refractivity contribution in [2.24, 2.45) is 5.92 Å². The van der Waals surface area contributed by atoms with Gasteiger partial charge in [-0.05, 0) is 29.9 Å². The summed E-state index contributed by atoms with van der Waals surface area (Å²) in [6.45, 7) is 2.32. The van der Waals surface area contributed by atoms with E-state index in [1.165, 1.54) is 11.1 Å². The Hall–Kier alpha value is -1.88. The molecule has 1 aliphatic rings. The van der Waals surface area contributed by atoms with Crippen molar-refractivity contribution in [1.29, 1.82) is 0 Å². The van der Waals surface area contributed by atoms with E-state index in [4.69, 9.17) is 5.21 Å². The molecular formula is C15H20N2O3. The number of benzene rings is 1. The lowest BCUT2D eigenvalue weighted by Crippen LogP contribution is -2.37. The summed E-state index contributed by atoms with van der Waals surface area (Å²) in [7, 11) is 0. The number of carbonyl (C=O) groups excluding carboxylic acids is 2. The SMILES string of the molecule is CC1c2ccccc2CCC1C(=O)NCCC(=O)NO. The average Bonchev–Trinajstić information content (AvgIpc) is 2.47. The van der Waals surface area contributed by atoms with E-state index in [9.17, 15) is 9.59 Å². The highest BCUT2D eigenvalue weighted by Crippen LogP contribution is 2.35. The van der Waals surface area contributed by atoms with E-state index in [0.29, 0.717) is 0 Å². The summed E-state index contributed by atoms with van der Waals surface area (Å²) in [5.41, 5.74) is 4.12. The van der Waals surface area contributed by atoms with E-state index in [-0.39, 0.29) is 30.7 Å². The van der Waals surface area contributed by atoms with Crippen molar-refractivity contribution >= 4 is 11.8 Å². The van der Waals surface area contributed by atoms with E-state index < -0.39 is 5.91 Å². The Kier molecular flexibility index (Phi) is 4.74. The van der Waals surface area contributed by atoms with Crippen LogP contribution < -0.4 is 10.8 Å². The summed E-state index contributed by atoms with van der Waals surface area (Å²) in [4.78, 5) is 23.1. The molecule has 0 heterocycles. The summed E-state index contributed by atoms with van der Waals surface area (Å²) in [5, 5.41) is 11.2. The summed E-state index contributed by atoms with van der Waals surface area (Å²) in [5.74, 6) is -0.376. The van der Waals surface area contributed by atoms with Gasteiger partial charge < -0.3 is 5.32 Å². The fourth-order valence-electron chi connectivity index (χ4n) is 2.83. The van der Waals surface area contributed by atoms with E-state index in [1.807, 2.05) is 12.1 Å². The molecule has 0 aromatic heterocycles. The highest BCUT2D eigenvalue weighted by molar-refractivity contribution is 5.81. The molecule has 1 aliphatic carbocycles. The Bertz CT molecular complexity index is 502. The summed E-state index contributed by atoms with van der Waals surface area (Å²) in [6, 6.07) is 8.23. The van der Waals surface area contributed by atoms with Gasteiger partial charge in [0.15, 0.2) is 0 Å². The number of aryl methyl sites for hydroxylation is 1. The fraction of sp³-hybridized carbons (Fsp3) is 0.467. The maximum Gasteiger partial charge on any atom is 0.245 e. The van der Waals surface area contributed by atoms with E-state index in [1.54, 1.807) is 5.48 Å². The quantitative estimate of drug-likeness (QED) is 0.574. The van der Waals surface area contributed by atoms with Crippen molar-refractivity contribution in [1.82, 2.24) is 10.8 Å². The molecule has 0 radical (unpaired) electrons. The van der Waals surface area contributed by atoms with Crippen molar-refractivity contribution in [2.75, 3.05) is 6.54 Å². The van der Waals surface area contributed by atoms with Crippen molar-refractivity contribution in [2.45, 2.75) is 32.1 Å². The highest BCUT2D eigenvalue weighted by Gasteiger charge is 2.30. The minimum absolute atomic E-state index is 0.0160. The third-order valence-electron chi connectivity index (χ3n) is 3.99. The van der Waals surface area contributed by atoms with Gasteiger partial charge in [-0.1, -0.05) is 31.2 Å². The molecule has 108 valence electrons. The molecule has 0 spiro atoms. The van der Waals surface area contributed by atoms with Crippen LogP contribution in [0.5, 0.6) is 0 Å². The lowest BCUT2D eigenvalue weighted by atomic mass is 9.75. The molecule has 5 nitrogen and oxygen atoms in total. The number of nitrogens with one attached hydrogen (secondary N) is 2. The standard InChI is InChI=1S/C15H20N2O3/c1-10-12-5-3-2-4-11(12)6-7-13(10)15(19)16-9-8-14(18)17-20/h2-5,10,13,20H,6-9H2,1H3,(H,16,19)(H,17,18). The van der Waals surface area contributed by atoms with Crippen LogP contribution in [0.3, 0.4) is 0 Å². The van der Waals surface area contributed by atoms with E-state index in [0.717, 1.165) is 12.8 Å². The summed E-state index contributed by atoms with van der Waals surface area (Å²) < 4.78 is 0. The molecule has 3 N–H and O–H groups in total. The smallest absolute Gasteiger partial charge is 0.245 e. The van der Waals surface area contributed by atoms with Crippen LogP contribution >= 0.6 is 0 Å². The number of fused-ring (bicyclic) bond motifs is 1. The van der Waals surface area contributed by atoms with Gasteiger partial charge in [-0.3, -0.25) is 14.8 Å². The van der Waals surface area contributed by atoms with Crippen LogP contribution in [-0.2, 0) is 16.0 Å². The largest absolute Gasteiger partial charge is 0.355 e. The van der Waals surface area contributed by atoms with Gasteiger partial charge in [-0.25, -0.2) is 5.48 Å². The molecule has 0 saturated carbocycles. The molecule has 0 aliphatic heterocycles.